The van der Waals surface area contributed by atoms with Gasteiger partial charge in [-0.3, -0.25) is 4.55 Å². The molecule has 0 aromatic rings. The molecule has 6 heteroatoms. The van der Waals surface area contributed by atoms with Crippen LogP contribution in [0.5, 0.6) is 0 Å². The van der Waals surface area contributed by atoms with Gasteiger partial charge >= 0.3 is 29.6 Å². The Kier molecular flexibility index (Phi) is 13.2. The summed E-state index contributed by atoms with van der Waals surface area (Å²) < 4.78 is 29.2. The predicted molar refractivity (Wildman–Crippen MR) is 67.6 cm³/mol. The van der Waals surface area contributed by atoms with E-state index in [0.29, 0.717) is 19.3 Å². The van der Waals surface area contributed by atoms with Crippen LogP contribution in [0.4, 0.5) is 0 Å². The first kappa shape index (κ1) is 19.2. The van der Waals surface area contributed by atoms with Crippen molar-refractivity contribution >= 4 is 39.7 Å². The minimum atomic E-state index is -3.82. The Balaban J connectivity index is 0. The third-order valence-electron chi connectivity index (χ3n) is 2.33. The van der Waals surface area contributed by atoms with Crippen molar-refractivity contribution in [3.05, 3.63) is 0 Å². The van der Waals surface area contributed by atoms with Crippen LogP contribution < -0.4 is 0 Å². The van der Waals surface area contributed by atoms with E-state index in [9.17, 15) is 13.5 Å². The van der Waals surface area contributed by atoms with Gasteiger partial charge in [0.25, 0.3) is 10.1 Å². The second kappa shape index (κ2) is 11.0. The maximum absolute atomic E-state index is 10.4. The summed E-state index contributed by atoms with van der Waals surface area (Å²) in [7, 11) is -3.82. The summed E-state index contributed by atoms with van der Waals surface area (Å²) in [6, 6.07) is 0. The Bertz CT molecular complexity index is 241. The minimum absolute atomic E-state index is 0. The van der Waals surface area contributed by atoms with E-state index < -0.39 is 10.1 Å². The first-order chi connectivity index (χ1) is 6.95. The molecule has 0 saturated heterocycles. The zero-order valence-corrected chi connectivity index (χ0v) is 10.2. The molecule has 0 saturated carbocycles. The van der Waals surface area contributed by atoms with Crippen LogP contribution in [0, 0.1) is 0 Å². The van der Waals surface area contributed by atoms with Crippen LogP contribution in [0.15, 0.2) is 0 Å². The number of hydrogen-bond acceptors (Lipinski definition) is 3. The van der Waals surface area contributed by atoms with E-state index in [4.69, 9.17) is 4.55 Å². The molecule has 0 radical (unpaired) electrons. The normalized spacial score (nSPS) is 13.2. The van der Waals surface area contributed by atoms with E-state index in [1.54, 1.807) is 0 Å². The first-order valence-electron chi connectivity index (χ1n) is 5.59. The van der Waals surface area contributed by atoms with Gasteiger partial charge in [0, 0.05) is 0 Å². The summed E-state index contributed by atoms with van der Waals surface area (Å²) in [6.45, 7) is 2.11. The molecule has 94 valence electrons. The standard InChI is InChI=1S/C10H22O4S.Na.H/c1-2-3-4-7-10(11)8-5-6-9-15(12,13)14;;/h10-11H,2-9H2,1H3,(H,12,13,14);;. The van der Waals surface area contributed by atoms with Crippen molar-refractivity contribution in [1.29, 1.82) is 0 Å². The van der Waals surface area contributed by atoms with E-state index in [1.165, 1.54) is 0 Å². The Morgan fingerprint density at radius 1 is 1.06 bits per heavy atom. The van der Waals surface area contributed by atoms with Gasteiger partial charge in [-0.2, -0.15) is 8.42 Å². The molecule has 0 bridgehead atoms. The zero-order valence-electron chi connectivity index (χ0n) is 9.35. The van der Waals surface area contributed by atoms with E-state index in [2.05, 4.69) is 6.92 Å². The molecule has 16 heavy (non-hydrogen) atoms. The molecule has 0 fully saturated rings. The van der Waals surface area contributed by atoms with Gasteiger partial charge in [0.05, 0.1) is 11.9 Å². The van der Waals surface area contributed by atoms with Gasteiger partial charge in [-0.1, -0.05) is 26.2 Å². The Morgan fingerprint density at radius 3 is 2.00 bits per heavy atom. The SMILES string of the molecule is CCCCCC(O)CCCCS(=O)(=O)O.[NaH]. The molecular formula is C10H23NaO4S. The van der Waals surface area contributed by atoms with Crippen LogP contribution in [0.1, 0.15) is 51.9 Å². The number of rotatable bonds is 9. The third-order valence-corrected chi connectivity index (χ3v) is 3.14. The van der Waals surface area contributed by atoms with Crippen molar-refractivity contribution in [2.24, 2.45) is 0 Å². The van der Waals surface area contributed by atoms with Crippen LogP contribution in [0.3, 0.4) is 0 Å². The van der Waals surface area contributed by atoms with Gasteiger partial charge in [-0.15, -0.1) is 0 Å². The fourth-order valence-electron chi connectivity index (χ4n) is 1.44. The van der Waals surface area contributed by atoms with Gasteiger partial charge in [-0.05, 0) is 25.7 Å². The van der Waals surface area contributed by atoms with Crippen LogP contribution in [0.2, 0.25) is 0 Å². The molecule has 2 N–H and O–H groups in total. The fourth-order valence-corrected chi connectivity index (χ4v) is 2.01. The average Bonchev–Trinajstić information content (AvgIpc) is 2.11. The van der Waals surface area contributed by atoms with Gasteiger partial charge in [0.15, 0.2) is 0 Å². The first-order valence-corrected chi connectivity index (χ1v) is 7.20. The van der Waals surface area contributed by atoms with Crippen LogP contribution >= 0.6 is 0 Å². The van der Waals surface area contributed by atoms with Gasteiger partial charge in [0.2, 0.25) is 0 Å². The molecule has 0 aliphatic carbocycles. The van der Waals surface area contributed by atoms with Crippen molar-refractivity contribution in [3.8, 4) is 0 Å². The summed E-state index contributed by atoms with van der Waals surface area (Å²) in [4.78, 5) is 0. The van der Waals surface area contributed by atoms with Crippen molar-refractivity contribution in [3.63, 3.8) is 0 Å². The maximum atomic E-state index is 10.4. The Labute approximate surface area is 121 Å². The summed E-state index contributed by atoms with van der Waals surface area (Å²) in [5.74, 6) is -0.200. The van der Waals surface area contributed by atoms with Crippen molar-refractivity contribution < 1.29 is 18.1 Å². The van der Waals surface area contributed by atoms with Crippen LogP contribution in [-0.4, -0.2) is 59.5 Å². The van der Waals surface area contributed by atoms with E-state index in [-0.39, 0.29) is 41.4 Å². The van der Waals surface area contributed by atoms with Crippen molar-refractivity contribution in [2.75, 3.05) is 5.75 Å². The van der Waals surface area contributed by atoms with E-state index >= 15 is 0 Å². The summed E-state index contributed by atoms with van der Waals surface area (Å²) >= 11 is 0. The quantitative estimate of drug-likeness (QED) is 0.373. The van der Waals surface area contributed by atoms with Crippen molar-refractivity contribution in [2.45, 2.75) is 58.0 Å². The average molecular weight is 262 g/mol. The molecule has 0 rings (SSSR count). The molecule has 0 aromatic heterocycles. The van der Waals surface area contributed by atoms with Gasteiger partial charge in [0.1, 0.15) is 0 Å². The molecule has 0 heterocycles. The van der Waals surface area contributed by atoms with E-state index in [0.717, 1.165) is 25.7 Å². The number of hydrogen-bond donors (Lipinski definition) is 2. The second-order valence-electron chi connectivity index (χ2n) is 3.93. The Hall–Kier alpha value is 0.870. The van der Waals surface area contributed by atoms with E-state index in [1.807, 2.05) is 0 Å². The Morgan fingerprint density at radius 2 is 1.56 bits per heavy atom. The molecule has 4 nitrogen and oxygen atoms in total. The second-order valence-corrected chi connectivity index (χ2v) is 5.50. The number of unbranched alkanes of at least 4 members (excludes halogenated alkanes) is 3. The monoisotopic (exact) mass is 262 g/mol. The number of aliphatic hydroxyl groups excluding tert-OH is 1. The van der Waals surface area contributed by atoms with Crippen molar-refractivity contribution in [1.82, 2.24) is 0 Å². The van der Waals surface area contributed by atoms with Crippen LogP contribution in [-0.2, 0) is 10.1 Å². The molecular weight excluding hydrogens is 239 g/mol. The van der Waals surface area contributed by atoms with Gasteiger partial charge in [-0.25, -0.2) is 0 Å². The topological polar surface area (TPSA) is 74.6 Å². The summed E-state index contributed by atoms with van der Waals surface area (Å²) in [5.41, 5.74) is 0. The zero-order chi connectivity index (χ0) is 11.7. The molecule has 0 spiro atoms. The summed E-state index contributed by atoms with van der Waals surface area (Å²) in [6.07, 6.45) is 5.45. The molecule has 0 aromatic carbocycles. The molecule has 1 unspecified atom stereocenters. The van der Waals surface area contributed by atoms with Crippen LogP contribution in [0.25, 0.3) is 0 Å². The molecule has 0 aliphatic rings. The molecule has 1 atom stereocenters. The third kappa shape index (κ3) is 14.9. The molecule has 0 amide bonds. The number of aliphatic hydroxyl groups is 1. The van der Waals surface area contributed by atoms with Gasteiger partial charge < -0.3 is 5.11 Å². The summed E-state index contributed by atoms with van der Waals surface area (Å²) in [5, 5.41) is 9.49. The molecule has 0 aliphatic heterocycles. The predicted octanol–water partition coefficient (Wildman–Crippen LogP) is 1.34. The fraction of sp³-hybridized carbons (Fsp3) is 1.00.